The van der Waals surface area contributed by atoms with Crippen molar-refractivity contribution in [3.8, 4) is 0 Å². The van der Waals surface area contributed by atoms with Gasteiger partial charge in [0.2, 0.25) is 0 Å². The fourth-order valence-corrected chi connectivity index (χ4v) is 1.23. The number of likely N-dealkylation sites (tertiary alicyclic amines) is 1. The summed E-state index contributed by atoms with van der Waals surface area (Å²) in [5.41, 5.74) is 0. The lowest BCUT2D eigenvalue weighted by Gasteiger charge is -2.09. The quantitative estimate of drug-likeness (QED) is 0.482. The molecule has 9 heavy (non-hydrogen) atoms. The Bertz CT molecular complexity index is 85.1. The summed E-state index contributed by atoms with van der Waals surface area (Å²) in [6.07, 6.45) is 1.16. The van der Waals surface area contributed by atoms with Crippen molar-refractivity contribution in [2.75, 3.05) is 26.9 Å². The summed E-state index contributed by atoms with van der Waals surface area (Å²) >= 11 is 0. The Morgan fingerprint density at radius 2 is 2.56 bits per heavy atom. The van der Waals surface area contributed by atoms with Crippen LogP contribution in [0.1, 0.15) is 6.42 Å². The van der Waals surface area contributed by atoms with Gasteiger partial charge in [-0.15, -0.1) is 0 Å². The van der Waals surface area contributed by atoms with Gasteiger partial charge in [-0.2, -0.15) is 0 Å². The molecule has 0 saturated carbocycles. The van der Waals surface area contributed by atoms with E-state index in [0.29, 0.717) is 6.04 Å². The van der Waals surface area contributed by atoms with Crippen molar-refractivity contribution in [2.45, 2.75) is 12.5 Å². The highest BCUT2D eigenvalue weighted by atomic mass is 16.3. The Hall–Kier alpha value is -0.120. The van der Waals surface area contributed by atoms with E-state index < -0.39 is 0 Å². The van der Waals surface area contributed by atoms with Crippen LogP contribution in [-0.4, -0.2) is 42.9 Å². The van der Waals surface area contributed by atoms with Gasteiger partial charge in [0.05, 0.1) is 6.73 Å². The lowest BCUT2D eigenvalue weighted by molar-refractivity contribution is 0.240. The average Bonchev–Trinajstić information content (AvgIpc) is 2.17. The Morgan fingerprint density at radius 3 is 3.00 bits per heavy atom. The molecule has 0 bridgehead atoms. The molecule has 0 aliphatic carbocycles. The number of aliphatic hydroxyl groups is 1. The third-order valence-corrected chi connectivity index (χ3v) is 1.77. The Morgan fingerprint density at radius 1 is 1.78 bits per heavy atom. The number of nitrogens with zero attached hydrogens (tertiary/aromatic N) is 1. The molecule has 0 spiro atoms. The van der Waals surface area contributed by atoms with Crippen LogP contribution in [0.5, 0.6) is 0 Å². The Kier molecular flexibility index (Phi) is 2.45. The minimum Gasteiger partial charge on any atom is -0.381 e. The number of nitrogens with one attached hydrogen (secondary N) is 1. The van der Waals surface area contributed by atoms with Gasteiger partial charge in [0.15, 0.2) is 0 Å². The van der Waals surface area contributed by atoms with Crippen LogP contribution in [0.25, 0.3) is 0 Å². The minimum absolute atomic E-state index is 0.110. The number of aliphatic hydroxyl groups excluding tert-OH is 1. The van der Waals surface area contributed by atoms with Crippen molar-refractivity contribution in [3.05, 3.63) is 0 Å². The van der Waals surface area contributed by atoms with Gasteiger partial charge in [-0.3, -0.25) is 5.32 Å². The van der Waals surface area contributed by atoms with Crippen LogP contribution < -0.4 is 5.32 Å². The van der Waals surface area contributed by atoms with E-state index in [1.165, 1.54) is 0 Å². The van der Waals surface area contributed by atoms with Crippen LogP contribution in [0.2, 0.25) is 0 Å². The summed E-state index contributed by atoms with van der Waals surface area (Å²) in [5.74, 6) is 0. The second-order valence-corrected chi connectivity index (χ2v) is 2.61. The van der Waals surface area contributed by atoms with E-state index >= 15 is 0 Å². The van der Waals surface area contributed by atoms with Gasteiger partial charge in [-0.25, -0.2) is 0 Å². The normalized spacial score (nSPS) is 29.3. The highest BCUT2D eigenvalue weighted by Gasteiger charge is 2.17. The summed E-state index contributed by atoms with van der Waals surface area (Å²) in [7, 11) is 2.10. The van der Waals surface area contributed by atoms with E-state index in [2.05, 4.69) is 17.3 Å². The molecule has 1 aliphatic heterocycles. The van der Waals surface area contributed by atoms with Gasteiger partial charge in [-0.05, 0) is 20.0 Å². The molecule has 1 aliphatic rings. The molecule has 0 radical (unpaired) electrons. The van der Waals surface area contributed by atoms with E-state index in [9.17, 15) is 0 Å². The second kappa shape index (κ2) is 3.15. The molecule has 1 saturated heterocycles. The third kappa shape index (κ3) is 1.93. The highest BCUT2D eigenvalue weighted by Crippen LogP contribution is 2.04. The standard InChI is InChI=1S/C6H14N2O/c1-8-3-2-6(4-8)7-5-9/h6-7,9H,2-5H2,1H3/t6-/m1/s1. The van der Waals surface area contributed by atoms with E-state index in [-0.39, 0.29) is 6.73 Å². The van der Waals surface area contributed by atoms with E-state index in [1.807, 2.05) is 0 Å². The monoisotopic (exact) mass is 130 g/mol. The first kappa shape index (κ1) is 6.99. The highest BCUT2D eigenvalue weighted by molar-refractivity contribution is 4.77. The lowest BCUT2D eigenvalue weighted by Crippen LogP contribution is -2.31. The van der Waals surface area contributed by atoms with Crippen LogP contribution in [0.4, 0.5) is 0 Å². The smallest absolute Gasteiger partial charge is 0.0934 e. The summed E-state index contributed by atoms with van der Waals surface area (Å²) in [5, 5.41) is 11.5. The molecule has 1 rings (SSSR count). The van der Waals surface area contributed by atoms with Crippen LogP contribution in [0.15, 0.2) is 0 Å². The summed E-state index contributed by atoms with van der Waals surface area (Å²) in [4.78, 5) is 2.26. The predicted molar refractivity (Wildman–Crippen MR) is 36.1 cm³/mol. The van der Waals surface area contributed by atoms with Crippen LogP contribution in [-0.2, 0) is 0 Å². The molecule has 3 nitrogen and oxygen atoms in total. The minimum atomic E-state index is 0.110. The molecule has 0 unspecified atom stereocenters. The van der Waals surface area contributed by atoms with Gasteiger partial charge in [-0.1, -0.05) is 0 Å². The van der Waals surface area contributed by atoms with Crippen LogP contribution in [0, 0.1) is 0 Å². The van der Waals surface area contributed by atoms with E-state index in [4.69, 9.17) is 5.11 Å². The zero-order chi connectivity index (χ0) is 6.69. The fraction of sp³-hybridized carbons (Fsp3) is 1.00. The van der Waals surface area contributed by atoms with E-state index in [0.717, 1.165) is 19.5 Å². The van der Waals surface area contributed by atoms with Crippen molar-refractivity contribution >= 4 is 0 Å². The van der Waals surface area contributed by atoms with Gasteiger partial charge in [0, 0.05) is 12.6 Å². The molecule has 0 aromatic rings. The number of rotatable bonds is 2. The van der Waals surface area contributed by atoms with E-state index in [1.54, 1.807) is 0 Å². The van der Waals surface area contributed by atoms with Crippen molar-refractivity contribution in [1.82, 2.24) is 10.2 Å². The van der Waals surface area contributed by atoms with Gasteiger partial charge < -0.3 is 10.0 Å². The molecular weight excluding hydrogens is 116 g/mol. The maximum atomic E-state index is 8.48. The first-order valence-corrected chi connectivity index (χ1v) is 3.35. The molecule has 1 fully saturated rings. The van der Waals surface area contributed by atoms with Crippen LogP contribution in [0.3, 0.4) is 0 Å². The number of likely N-dealkylation sites (N-methyl/N-ethyl adjacent to an activating group) is 1. The first-order chi connectivity index (χ1) is 4.33. The maximum Gasteiger partial charge on any atom is 0.0934 e. The molecule has 0 amide bonds. The average molecular weight is 130 g/mol. The van der Waals surface area contributed by atoms with Crippen molar-refractivity contribution in [3.63, 3.8) is 0 Å². The Balaban J connectivity index is 2.14. The van der Waals surface area contributed by atoms with Crippen molar-refractivity contribution in [2.24, 2.45) is 0 Å². The molecule has 54 valence electrons. The molecule has 0 aromatic heterocycles. The van der Waals surface area contributed by atoms with Crippen LogP contribution >= 0.6 is 0 Å². The molecule has 3 heteroatoms. The van der Waals surface area contributed by atoms with Gasteiger partial charge >= 0.3 is 0 Å². The largest absolute Gasteiger partial charge is 0.381 e. The predicted octanol–water partition coefficient (Wildman–Crippen LogP) is -0.770. The lowest BCUT2D eigenvalue weighted by atomic mass is 10.3. The SMILES string of the molecule is CN1CC[C@@H](NCO)C1. The number of hydrogen-bond donors (Lipinski definition) is 2. The molecule has 1 heterocycles. The second-order valence-electron chi connectivity index (χ2n) is 2.61. The first-order valence-electron chi connectivity index (χ1n) is 3.35. The molecule has 2 N–H and O–H groups in total. The zero-order valence-corrected chi connectivity index (χ0v) is 5.80. The Labute approximate surface area is 55.7 Å². The molecular formula is C6H14N2O. The van der Waals surface area contributed by atoms with Crippen molar-refractivity contribution < 1.29 is 5.11 Å². The fourth-order valence-electron chi connectivity index (χ4n) is 1.23. The van der Waals surface area contributed by atoms with Gasteiger partial charge in [0.25, 0.3) is 0 Å². The van der Waals surface area contributed by atoms with Crippen molar-refractivity contribution in [1.29, 1.82) is 0 Å². The zero-order valence-electron chi connectivity index (χ0n) is 5.80. The molecule has 0 aromatic carbocycles. The third-order valence-electron chi connectivity index (χ3n) is 1.77. The number of hydrogen-bond acceptors (Lipinski definition) is 3. The summed E-state index contributed by atoms with van der Waals surface area (Å²) in [6, 6.07) is 0.514. The molecule has 1 atom stereocenters. The van der Waals surface area contributed by atoms with Gasteiger partial charge in [0.1, 0.15) is 0 Å². The topological polar surface area (TPSA) is 35.5 Å². The summed E-state index contributed by atoms with van der Waals surface area (Å²) in [6.45, 7) is 2.33. The maximum absolute atomic E-state index is 8.48. The summed E-state index contributed by atoms with van der Waals surface area (Å²) < 4.78 is 0.